The van der Waals surface area contributed by atoms with Crippen LogP contribution in [0.15, 0.2) is 53.3 Å². The molecule has 30 heavy (non-hydrogen) atoms. The Morgan fingerprint density at radius 2 is 1.80 bits per heavy atom. The van der Waals surface area contributed by atoms with Crippen molar-refractivity contribution in [1.82, 2.24) is 25.1 Å². The van der Waals surface area contributed by atoms with E-state index in [1.54, 1.807) is 24.3 Å². The third kappa shape index (κ3) is 4.04. The van der Waals surface area contributed by atoms with E-state index >= 15 is 0 Å². The molecule has 4 N–H and O–H groups in total. The van der Waals surface area contributed by atoms with E-state index < -0.39 is 11.5 Å². The van der Waals surface area contributed by atoms with Gasteiger partial charge in [0.1, 0.15) is 5.82 Å². The van der Waals surface area contributed by atoms with Crippen LogP contribution in [0.25, 0.3) is 10.8 Å². The van der Waals surface area contributed by atoms with Gasteiger partial charge in [-0.1, -0.05) is 18.2 Å². The van der Waals surface area contributed by atoms with Crippen molar-refractivity contribution >= 4 is 34.3 Å². The van der Waals surface area contributed by atoms with Crippen molar-refractivity contribution in [2.75, 3.05) is 11.1 Å². The molecule has 11 heteroatoms. The molecule has 2 heterocycles. The topological polar surface area (TPSA) is 149 Å². The molecule has 2 aromatic heterocycles. The number of carbonyl (C=O) groups is 1. The third-order valence-corrected chi connectivity index (χ3v) is 4.02. The number of fused-ring (bicyclic) bond motifs is 1. The Kier molecular flexibility index (Phi) is 4.99. The van der Waals surface area contributed by atoms with E-state index in [4.69, 9.17) is 10.5 Å². The maximum Gasteiger partial charge on any atom is 0.359 e. The number of nitrogens with one attached hydrogen (secondary N) is 2. The van der Waals surface area contributed by atoms with Crippen LogP contribution >= 0.6 is 0 Å². The number of ether oxygens (including phenoxy) is 1. The number of hydrogen-bond donors (Lipinski definition) is 3. The van der Waals surface area contributed by atoms with Crippen LogP contribution in [0, 0.1) is 5.82 Å². The highest BCUT2D eigenvalue weighted by molar-refractivity contribution is 6.01. The molecule has 0 aliphatic heterocycles. The minimum absolute atomic E-state index is 0.0445. The van der Waals surface area contributed by atoms with Gasteiger partial charge < -0.3 is 15.8 Å². The number of aromatic amines is 1. The highest BCUT2D eigenvalue weighted by Gasteiger charge is 2.16. The zero-order chi connectivity index (χ0) is 21.1. The average molecular weight is 407 g/mol. The molecule has 4 rings (SSSR count). The first-order valence-electron chi connectivity index (χ1n) is 8.67. The number of halogens is 1. The van der Waals surface area contributed by atoms with Crippen LogP contribution in [-0.4, -0.2) is 31.1 Å². The summed E-state index contributed by atoms with van der Waals surface area (Å²) in [6.45, 7) is -0.307. The molecule has 0 aliphatic rings. The quantitative estimate of drug-likeness (QED) is 0.422. The number of carbonyl (C=O) groups excluding carboxylic acids is 1. The molecule has 10 nitrogen and oxygen atoms in total. The highest BCUT2D eigenvalue weighted by atomic mass is 19.1. The Balaban J connectivity index is 1.52. The lowest BCUT2D eigenvalue weighted by Crippen LogP contribution is -2.17. The normalized spacial score (nSPS) is 10.7. The number of anilines is 3. The van der Waals surface area contributed by atoms with Crippen LogP contribution < -0.4 is 16.6 Å². The molecule has 0 unspecified atom stereocenters. The van der Waals surface area contributed by atoms with Crippen molar-refractivity contribution in [3.63, 3.8) is 0 Å². The lowest BCUT2D eigenvalue weighted by atomic mass is 10.1. The first-order valence-corrected chi connectivity index (χ1v) is 8.67. The first-order chi connectivity index (χ1) is 14.5. The van der Waals surface area contributed by atoms with Crippen molar-refractivity contribution in [3.05, 3.63) is 76.2 Å². The second-order valence-corrected chi connectivity index (χ2v) is 6.09. The molecule has 150 valence electrons. The summed E-state index contributed by atoms with van der Waals surface area (Å²) < 4.78 is 18.3. The summed E-state index contributed by atoms with van der Waals surface area (Å²) >= 11 is 0. The van der Waals surface area contributed by atoms with Crippen LogP contribution in [-0.2, 0) is 11.3 Å². The van der Waals surface area contributed by atoms with E-state index in [2.05, 4.69) is 30.5 Å². The molecule has 0 bridgehead atoms. The van der Waals surface area contributed by atoms with Gasteiger partial charge >= 0.3 is 5.97 Å². The van der Waals surface area contributed by atoms with Gasteiger partial charge in [-0.3, -0.25) is 4.79 Å². The summed E-state index contributed by atoms with van der Waals surface area (Å²) in [6, 6.07) is 12.1. The molecule has 0 amide bonds. The minimum atomic E-state index is -0.769. The van der Waals surface area contributed by atoms with Gasteiger partial charge in [0, 0.05) is 11.1 Å². The maximum atomic E-state index is 13.0. The van der Waals surface area contributed by atoms with Crippen LogP contribution in [0.3, 0.4) is 0 Å². The minimum Gasteiger partial charge on any atom is -0.453 e. The summed E-state index contributed by atoms with van der Waals surface area (Å²) in [4.78, 5) is 36.3. The number of nitrogens with zero attached hydrogens (tertiary/aromatic N) is 4. The number of H-pyrrole nitrogens is 1. The van der Waals surface area contributed by atoms with Gasteiger partial charge in [0.05, 0.1) is 5.39 Å². The Morgan fingerprint density at radius 3 is 2.57 bits per heavy atom. The fourth-order valence-corrected chi connectivity index (χ4v) is 2.69. The van der Waals surface area contributed by atoms with Gasteiger partial charge in [-0.25, -0.2) is 14.3 Å². The molecule has 0 saturated heterocycles. The van der Waals surface area contributed by atoms with Crippen LogP contribution in [0.5, 0.6) is 0 Å². The van der Waals surface area contributed by atoms with Gasteiger partial charge in [-0.15, -0.1) is 0 Å². The fourth-order valence-electron chi connectivity index (χ4n) is 2.69. The number of hydrogen-bond acceptors (Lipinski definition) is 9. The van der Waals surface area contributed by atoms with E-state index in [1.807, 2.05) is 0 Å². The number of esters is 1. The van der Waals surface area contributed by atoms with Crippen molar-refractivity contribution in [2.45, 2.75) is 6.61 Å². The summed E-state index contributed by atoms with van der Waals surface area (Å²) in [6.07, 6.45) is 0. The van der Waals surface area contributed by atoms with Crippen molar-refractivity contribution in [1.29, 1.82) is 0 Å². The van der Waals surface area contributed by atoms with Crippen molar-refractivity contribution < 1.29 is 13.9 Å². The average Bonchev–Trinajstić information content (AvgIpc) is 2.74. The number of aromatic nitrogens is 5. The SMILES string of the molecule is Nc1nc(COC(=O)c2n[nH]c(=O)c3ccccc23)nc(Nc2ccc(F)cc2)n1. The van der Waals surface area contributed by atoms with Crippen LogP contribution in [0.2, 0.25) is 0 Å². The molecular formula is C19H14FN7O3. The maximum absolute atomic E-state index is 13.0. The van der Waals surface area contributed by atoms with E-state index in [9.17, 15) is 14.0 Å². The standard InChI is InChI=1S/C19H14FN7O3/c20-10-5-7-11(8-6-10)22-19-24-14(23-18(21)25-19)9-30-17(29)15-12-3-1-2-4-13(12)16(28)27-26-15/h1-8H,9H2,(H,27,28)(H3,21,22,23,24,25). The summed E-state index contributed by atoms with van der Waals surface area (Å²) in [7, 11) is 0. The molecule has 4 aromatic rings. The Hall–Kier alpha value is -4.41. The van der Waals surface area contributed by atoms with E-state index in [-0.39, 0.29) is 35.8 Å². The zero-order valence-electron chi connectivity index (χ0n) is 15.3. The van der Waals surface area contributed by atoms with E-state index in [0.717, 1.165) is 0 Å². The van der Waals surface area contributed by atoms with E-state index in [1.165, 1.54) is 24.3 Å². The van der Waals surface area contributed by atoms with Gasteiger partial charge in [-0.05, 0) is 30.3 Å². The monoisotopic (exact) mass is 407 g/mol. The summed E-state index contributed by atoms with van der Waals surface area (Å²) in [5, 5.41) is 9.59. The van der Waals surface area contributed by atoms with Crippen LogP contribution in [0.1, 0.15) is 16.3 Å². The molecular weight excluding hydrogens is 393 g/mol. The number of rotatable bonds is 5. The predicted molar refractivity (Wildman–Crippen MR) is 105 cm³/mol. The Labute approximate surface area is 168 Å². The highest BCUT2D eigenvalue weighted by Crippen LogP contribution is 2.16. The van der Waals surface area contributed by atoms with Gasteiger partial charge in [0.15, 0.2) is 18.1 Å². The van der Waals surface area contributed by atoms with Gasteiger partial charge in [-0.2, -0.15) is 20.1 Å². The largest absolute Gasteiger partial charge is 0.453 e. The Morgan fingerprint density at radius 1 is 1.07 bits per heavy atom. The molecule has 0 saturated carbocycles. The number of benzene rings is 2. The molecule has 2 aromatic carbocycles. The van der Waals surface area contributed by atoms with E-state index in [0.29, 0.717) is 16.5 Å². The fraction of sp³-hybridized carbons (Fsp3) is 0.0526. The molecule has 0 aliphatic carbocycles. The Bertz CT molecular complexity index is 1290. The molecule has 0 spiro atoms. The first kappa shape index (κ1) is 18.9. The summed E-state index contributed by atoms with van der Waals surface area (Å²) in [5.74, 6) is -1.04. The summed E-state index contributed by atoms with van der Waals surface area (Å²) in [5.41, 5.74) is 5.77. The van der Waals surface area contributed by atoms with Crippen LogP contribution in [0.4, 0.5) is 22.0 Å². The lowest BCUT2D eigenvalue weighted by molar-refractivity contribution is 0.0456. The van der Waals surface area contributed by atoms with Crippen molar-refractivity contribution in [2.24, 2.45) is 0 Å². The molecule has 0 fully saturated rings. The smallest absolute Gasteiger partial charge is 0.359 e. The van der Waals surface area contributed by atoms with Gasteiger partial charge in [0.25, 0.3) is 5.56 Å². The second-order valence-electron chi connectivity index (χ2n) is 6.09. The third-order valence-electron chi connectivity index (χ3n) is 4.02. The molecule has 0 atom stereocenters. The number of nitrogens with two attached hydrogens (primary N) is 1. The van der Waals surface area contributed by atoms with Gasteiger partial charge in [0.2, 0.25) is 11.9 Å². The lowest BCUT2D eigenvalue weighted by Gasteiger charge is -2.08. The second kappa shape index (κ2) is 7.91. The predicted octanol–water partition coefficient (Wildman–Crippen LogP) is 1.93. The zero-order valence-corrected chi connectivity index (χ0v) is 15.3. The number of nitrogen functional groups attached to an aromatic ring is 1. The molecule has 0 radical (unpaired) electrons. The van der Waals surface area contributed by atoms with Crippen molar-refractivity contribution in [3.8, 4) is 0 Å².